The number of ether oxygens (including phenoxy) is 1. The van der Waals surface area contributed by atoms with E-state index in [2.05, 4.69) is 101 Å². The van der Waals surface area contributed by atoms with Crippen molar-refractivity contribution < 1.29 is 18.3 Å². The van der Waals surface area contributed by atoms with E-state index in [1.165, 1.54) is 66.8 Å². The molecular weight excluding hydrogens is 696 g/mol. The molecule has 1 fully saturated rings. The number of rotatable bonds is 6. The smallest absolute Gasteiger partial charge is 0.0813 e. The topological polar surface area (TPSA) is 33.3 Å². The molecule has 0 amide bonds. The van der Waals surface area contributed by atoms with E-state index in [4.69, 9.17) is 24.1 Å². The summed E-state index contributed by atoms with van der Waals surface area (Å²) >= 11 is -1.77. The van der Waals surface area contributed by atoms with Crippen molar-refractivity contribution in [2.24, 2.45) is 0 Å². The van der Waals surface area contributed by atoms with Crippen LogP contribution in [-0.4, -0.2) is 30.0 Å². The first-order valence-corrected chi connectivity index (χ1v) is 21.5. The predicted molar refractivity (Wildman–Crippen MR) is 194 cm³/mol. The Balaban J connectivity index is 0.000000251. The molecule has 4 aromatic carbocycles. The molecule has 6 heteroatoms. The molecule has 1 heterocycles. The van der Waals surface area contributed by atoms with Crippen LogP contribution in [0.25, 0.3) is 5.57 Å². The summed E-state index contributed by atoms with van der Waals surface area (Å²) in [6.07, 6.45) is 0.346. The van der Waals surface area contributed by atoms with Gasteiger partial charge in [-0.15, -0.1) is 0 Å². The molecule has 1 unspecified atom stereocenters. The van der Waals surface area contributed by atoms with Crippen LogP contribution in [0.5, 0.6) is 5.75 Å². The number of hydrogen-bond donors (Lipinski definition) is 2. The van der Waals surface area contributed by atoms with Crippen molar-refractivity contribution in [3.8, 4) is 5.75 Å². The van der Waals surface area contributed by atoms with E-state index in [0.717, 1.165) is 24.4 Å². The van der Waals surface area contributed by atoms with Crippen LogP contribution in [0.2, 0.25) is 0 Å². The molecule has 0 aromatic heterocycles. The molecule has 46 heavy (non-hydrogen) atoms. The van der Waals surface area contributed by atoms with Crippen LogP contribution >= 0.6 is 19.4 Å². The number of halogens is 2. The Bertz CT molecular complexity index is 1750. The average Bonchev–Trinajstić information content (AvgIpc) is 3.60. The van der Waals surface area contributed by atoms with E-state index in [1.54, 1.807) is 0 Å². The van der Waals surface area contributed by atoms with Gasteiger partial charge in [0.15, 0.2) is 0 Å². The van der Waals surface area contributed by atoms with Crippen molar-refractivity contribution in [2.75, 3.05) is 13.1 Å². The zero-order valence-electron chi connectivity index (χ0n) is 28.2. The molecule has 3 nitrogen and oxygen atoms in total. The first-order valence-electron chi connectivity index (χ1n) is 16.0. The first-order chi connectivity index (χ1) is 22.0. The summed E-state index contributed by atoms with van der Waals surface area (Å²) < 4.78 is 7.51. The Morgan fingerprint density at radius 3 is 1.89 bits per heavy atom. The van der Waals surface area contributed by atoms with Crippen LogP contribution in [0.15, 0.2) is 78.4 Å². The van der Waals surface area contributed by atoms with Crippen LogP contribution in [0.3, 0.4) is 0 Å². The number of aryl methyl sites for hydroxylation is 6. The summed E-state index contributed by atoms with van der Waals surface area (Å²) in [6.45, 7) is 19.5. The van der Waals surface area contributed by atoms with E-state index in [9.17, 15) is 0 Å². The van der Waals surface area contributed by atoms with Gasteiger partial charge in [-0.3, -0.25) is 10.6 Å². The third-order valence-electron chi connectivity index (χ3n) is 8.70. The molecule has 244 valence electrons. The quantitative estimate of drug-likeness (QED) is 0.193. The van der Waals surface area contributed by atoms with Crippen LogP contribution in [-0.2, 0) is 13.5 Å². The first kappa shape index (κ1) is 34.7. The fourth-order valence-corrected chi connectivity index (χ4v) is 9.11. The van der Waals surface area contributed by atoms with E-state index < -0.39 is 13.5 Å². The van der Waals surface area contributed by atoms with Gasteiger partial charge in [-0.2, -0.15) is 0 Å². The second kappa shape index (κ2) is 15.1. The van der Waals surface area contributed by atoms with Gasteiger partial charge in [0.25, 0.3) is 0 Å². The maximum atomic E-state index is 5.82. The number of nitrogens with one attached hydrogen (secondary N) is 2. The average molecular weight is 743 g/mol. The molecule has 1 saturated heterocycles. The molecular formula is C40H46Cl2N2ORu. The van der Waals surface area contributed by atoms with Crippen LogP contribution in [0.1, 0.15) is 81.0 Å². The minimum Gasteiger partial charge on any atom is -0.297 e. The summed E-state index contributed by atoms with van der Waals surface area (Å²) in [7, 11) is 11.6. The van der Waals surface area contributed by atoms with Gasteiger partial charge in [0.05, 0.1) is 6.17 Å². The largest absolute Gasteiger partial charge is 0.297 e. The SMILES string of the molecule is CC(C)Oc1ccccc1[CH]=[Ru]([Cl])[Cl].Cc1cc(C)c(C2=C(C3NCCN3)C(c3c(C)cc(C)cc3C)c3ccccc32)c(C)c1. The van der Waals surface area contributed by atoms with Gasteiger partial charge in [0, 0.05) is 19.0 Å². The molecule has 0 saturated carbocycles. The Labute approximate surface area is 288 Å². The van der Waals surface area contributed by atoms with Crippen molar-refractivity contribution in [3.63, 3.8) is 0 Å². The molecule has 0 bridgehead atoms. The van der Waals surface area contributed by atoms with Crippen LogP contribution < -0.4 is 15.4 Å². The summed E-state index contributed by atoms with van der Waals surface area (Å²) in [4.78, 5) is 0. The second-order valence-corrected chi connectivity index (χ2v) is 18.5. The molecule has 1 atom stereocenters. The molecule has 4 aromatic rings. The summed E-state index contributed by atoms with van der Waals surface area (Å²) in [5.74, 6) is 1.10. The molecule has 1 aliphatic carbocycles. The van der Waals surface area contributed by atoms with Gasteiger partial charge in [-0.05, 0) is 97.2 Å². The molecule has 6 rings (SSSR count). The van der Waals surface area contributed by atoms with Crippen molar-refractivity contribution in [3.05, 3.63) is 140 Å². The van der Waals surface area contributed by atoms with Crippen molar-refractivity contribution in [1.82, 2.24) is 10.6 Å². The third-order valence-corrected chi connectivity index (χ3v) is 10.5. The fourth-order valence-electron chi connectivity index (χ4n) is 7.30. The second-order valence-electron chi connectivity index (χ2n) is 12.8. The fraction of sp³-hybridized carbons (Fsp3) is 0.325. The molecule has 2 N–H and O–H groups in total. The van der Waals surface area contributed by atoms with Gasteiger partial charge < -0.3 is 0 Å². The van der Waals surface area contributed by atoms with E-state index in [0.29, 0.717) is 0 Å². The Morgan fingerprint density at radius 1 is 0.761 bits per heavy atom. The van der Waals surface area contributed by atoms with E-state index in [1.807, 2.05) is 42.7 Å². The Morgan fingerprint density at radius 2 is 1.30 bits per heavy atom. The standard InChI is InChI=1S/C30H34N2.C10H12O.2ClH.Ru/c1-17-13-19(3)25(20(4)14-17)27-23-9-7-8-10-24(23)28(29(27)30-31-11-12-32-30)26-21(5)15-18(2)16-22(26)6;1-8(2)11-10-7-5-4-6-9(10)3;;;/h7-10,13-16,27,30-32H,11-12H2,1-6H3;3-8H,1-2H3;2*1H;/q;;;;+2/p-2. The predicted octanol–water partition coefficient (Wildman–Crippen LogP) is 9.55. The zero-order chi connectivity index (χ0) is 33.1. The van der Waals surface area contributed by atoms with Gasteiger partial charge in [-0.1, -0.05) is 59.7 Å². The zero-order valence-corrected chi connectivity index (χ0v) is 31.4. The molecule has 1 aliphatic heterocycles. The van der Waals surface area contributed by atoms with Crippen LogP contribution in [0, 0.1) is 41.5 Å². The van der Waals surface area contributed by atoms with Gasteiger partial charge in [0.1, 0.15) is 0 Å². The third kappa shape index (κ3) is 7.59. The number of fused-ring (bicyclic) bond motifs is 1. The summed E-state index contributed by atoms with van der Waals surface area (Å²) in [6, 6.07) is 26.2. The monoisotopic (exact) mass is 742 g/mol. The minimum absolute atomic E-state index is 0.163. The van der Waals surface area contributed by atoms with Gasteiger partial charge in [0.2, 0.25) is 0 Å². The molecule has 2 aliphatic rings. The van der Waals surface area contributed by atoms with Crippen molar-refractivity contribution in [2.45, 2.75) is 73.6 Å². The minimum atomic E-state index is -1.77. The normalized spacial score (nSPS) is 16.3. The number of para-hydroxylation sites is 1. The van der Waals surface area contributed by atoms with Gasteiger partial charge in [-0.25, -0.2) is 0 Å². The van der Waals surface area contributed by atoms with Crippen LogP contribution in [0.4, 0.5) is 0 Å². The summed E-state index contributed by atoms with van der Waals surface area (Å²) in [5.41, 5.74) is 17.7. The maximum Gasteiger partial charge on any atom is 0.0813 e. The number of hydrogen-bond acceptors (Lipinski definition) is 3. The van der Waals surface area contributed by atoms with E-state index >= 15 is 0 Å². The maximum absolute atomic E-state index is 5.82. The van der Waals surface area contributed by atoms with Crippen molar-refractivity contribution >= 4 is 29.6 Å². The van der Waals surface area contributed by atoms with Crippen molar-refractivity contribution in [1.29, 1.82) is 0 Å². The Hall–Kier alpha value is -2.59. The Kier molecular flexibility index (Phi) is 11.4. The van der Waals surface area contributed by atoms with E-state index in [-0.39, 0.29) is 18.2 Å². The molecule has 0 spiro atoms. The summed E-state index contributed by atoms with van der Waals surface area (Å²) in [5, 5.41) is 7.53. The van der Waals surface area contributed by atoms with Gasteiger partial charge >= 0.3 is 97.8 Å². The number of benzene rings is 4. The molecule has 0 radical (unpaired) electrons.